The maximum absolute atomic E-state index is 5.86. The van der Waals surface area contributed by atoms with Crippen molar-refractivity contribution in [2.24, 2.45) is 11.1 Å². The van der Waals surface area contributed by atoms with E-state index in [2.05, 4.69) is 57.3 Å². The second kappa shape index (κ2) is 5.65. The average Bonchev–Trinajstić information content (AvgIpc) is 2.30. The Morgan fingerprint density at radius 3 is 1.94 bits per heavy atom. The van der Waals surface area contributed by atoms with Gasteiger partial charge in [-0.2, -0.15) is 0 Å². The number of hydrogen-bond acceptors (Lipinski definition) is 2. The minimum Gasteiger partial charge on any atom is -0.330 e. The fourth-order valence-corrected chi connectivity index (χ4v) is 2.20. The van der Waals surface area contributed by atoms with Gasteiger partial charge in [0.05, 0.1) is 0 Å². The van der Waals surface area contributed by atoms with Crippen LogP contribution in [-0.4, -0.2) is 13.6 Å². The Balaban J connectivity index is 2.98. The third-order valence-corrected chi connectivity index (χ3v) is 3.53. The van der Waals surface area contributed by atoms with Gasteiger partial charge in [0.2, 0.25) is 0 Å². The van der Waals surface area contributed by atoms with Crippen molar-refractivity contribution in [1.29, 1.82) is 0 Å². The molecule has 2 heteroatoms. The lowest BCUT2D eigenvalue weighted by atomic mass is 9.80. The molecule has 2 nitrogen and oxygen atoms in total. The van der Waals surface area contributed by atoms with E-state index in [1.165, 1.54) is 11.1 Å². The summed E-state index contributed by atoms with van der Waals surface area (Å²) in [5.41, 5.74) is 8.62. The van der Waals surface area contributed by atoms with Gasteiger partial charge in [-0.05, 0) is 36.1 Å². The summed E-state index contributed by atoms with van der Waals surface area (Å²) in [6.45, 7) is 9.50. The van der Waals surface area contributed by atoms with Crippen LogP contribution in [0.1, 0.15) is 50.8 Å². The molecule has 3 N–H and O–H groups in total. The van der Waals surface area contributed by atoms with Crippen LogP contribution in [0.25, 0.3) is 0 Å². The Labute approximate surface area is 106 Å². The third-order valence-electron chi connectivity index (χ3n) is 3.53. The molecule has 1 aromatic carbocycles. The lowest BCUT2D eigenvalue weighted by molar-refractivity contribution is 0.265. The predicted octanol–water partition coefficient (Wildman–Crippen LogP) is 3.06. The molecule has 0 bridgehead atoms. The van der Waals surface area contributed by atoms with Gasteiger partial charge < -0.3 is 11.1 Å². The fraction of sp³-hybridized carbons (Fsp3) is 0.600. The predicted molar refractivity (Wildman–Crippen MR) is 75.2 cm³/mol. The first-order chi connectivity index (χ1) is 7.92. The molecule has 0 saturated heterocycles. The van der Waals surface area contributed by atoms with E-state index in [0.29, 0.717) is 18.5 Å². The molecule has 1 aromatic rings. The van der Waals surface area contributed by atoms with E-state index < -0.39 is 0 Å². The van der Waals surface area contributed by atoms with Crippen LogP contribution in [0.2, 0.25) is 0 Å². The van der Waals surface area contributed by atoms with Gasteiger partial charge >= 0.3 is 0 Å². The fourth-order valence-electron chi connectivity index (χ4n) is 2.20. The minimum absolute atomic E-state index is 0.0636. The van der Waals surface area contributed by atoms with Crippen molar-refractivity contribution in [3.63, 3.8) is 0 Å². The van der Waals surface area contributed by atoms with Crippen LogP contribution in [0.15, 0.2) is 24.3 Å². The molecule has 0 aromatic heterocycles. The molecule has 0 aliphatic rings. The largest absolute Gasteiger partial charge is 0.330 e. The zero-order chi connectivity index (χ0) is 13.1. The number of nitrogens with one attached hydrogen (secondary N) is 1. The molecule has 0 fully saturated rings. The van der Waals surface area contributed by atoms with Crippen LogP contribution in [0.5, 0.6) is 0 Å². The van der Waals surface area contributed by atoms with Crippen molar-refractivity contribution in [3.05, 3.63) is 35.4 Å². The highest BCUT2D eigenvalue weighted by atomic mass is 14.9. The Hall–Kier alpha value is -0.860. The summed E-state index contributed by atoms with van der Waals surface area (Å²) in [7, 11) is 2.00. The number of rotatable bonds is 5. The summed E-state index contributed by atoms with van der Waals surface area (Å²) in [5.74, 6) is 0.583. The maximum atomic E-state index is 5.86. The minimum atomic E-state index is 0.0636. The molecule has 0 aliphatic carbocycles. The Morgan fingerprint density at radius 2 is 1.59 bits per heavy atom. The van der Waals surface area contributed by atoms with Gasteiger partial charge in [-0.15, -0.1) is 0 Å². The van der Waals surface area contributed by atoms with Crippen molar-refractivity contribution in [1.82, 2.24) is 5.32 Å². The number of hydrogen-bond donors (Lipinski definition) is 2. The number of nitrogens with two attached hydrogens (primary N) is 1. The highest BCUT2D eigenvalue weighted by Crippen LogP contribution is 2.32. The topological polar surface area (TPSA) is 38.0 Å². The summed E-state index contributed by atoms with van der Waals surface area (Å²) in [5, 5.41) is 3.38. The van der Waals surface area contributed by atoms with Gasteiger partial charge in [-0.1, -0.05) is 52.0 Å². The van der Waals surface area contributed by atoms with Gasteiger partial charge in [0.25, 0.3) is 0 Å². The van der Waals surface area contributed by atoms with E-state index in [1.54, 1.807) is 0 Å². The van der Waals surface area contributed by atoms with Crippen molar-refractivity contribution in [2.75, 3.05) is 13.6 Å². The van der Waals surface area contributed by atoms with E-state index in [1.807, 2.05) is 7.05 Å². The Kier molecular flexibility index (Phi) is 4.72. The molecule has 0 radical (unpaired) electrons. The zero-order valence-electron chi connectivity index (χ0n) is 11.7. The standard InChI is InChI=1S/C15H26N2/c1-11(2)12-6-8-13(9-7-12)14(17-5)15(3,4)10-16/h6-9,11,14,17H,10,16H2,1-5H3. The molecule has 17 heavy (non-hydrogen) atoms. The highest BCUT2D eigenvalue weighted by molar-refractivity contribution is 5.28. The first kappa shape index (κ1) is 14.2. The van der Waals surface area contributed by atoms with Crippen LogP contribution in [0, 0.1) is 5.41 Å². The van der Waals surface area contributed by atoms with Crippen molar-refractivity contribution < 1.29 is 0 Å². The monoisotopic (exact) mass is 234 g/mol. The second-order valence-corrected chi connectivity index (χ2v) is 5.74. The molecule has 0 aliphatic heterocycles. The normalized spacial score (nSPS) is 14.1. The summed E-state index contributed by atoms with van der Waals surface area (Å²) < 4.78 is 0. The molecule has 96 valence electrons. The Bertz CT molecular complexity index is 338. The second-order valence-electron chi connectivity index (χ2n) is 5.74. The van der Waals surface area contributed by atoms with Crippen molar-refractivity contribution >= 4 is 0 Å². The molecule has 0 heterocycles. The summed E-state index contributed by atoms with van der Waals surface area (Å²) in [6, 6.07) is 9.17. The summed E-state index contributed by atoms with van der Waals surface area (Å²) >= 11 is 0. The lowest BCUT2D eigenvalue weighted by Gasteiger charge is -2.33. The molecular formula is C15H26N2. The van der Waals surface area contributed by atoms with Crippen LogP contribution in [0.4, 0.5) is 0 Å². The van der Waals surface area contributed by atoms with Crippen molar-refractivity contribution in [3.8, 4) is 0 Å². The van der Waals surface area contributed by atoms with E-state index in [-0.39, 0.29) is 5.41 Å². The van der Waals surface area contributed by atoms with Gasteiger partial charge in [0.1, 0.15) is 0 Å². The Morgan fingerprint density at radius 1 is 1.12 bits per heavy atom. The van der Waals surface area contributed by atoms with Crippen LogP contribution < -0.4 is 11.1 Å². The van der Waals surface area contributed by atoms with Crippen LogP contribution >= 0.6 is 0 Å². The van der Waals surface area contributed by atoms with Gasteiger partial charge in [-0.3, -0.25) is 0 Å². The molecule has 0 spiro atoms. The molecule has 1 rings (SSSR count). The third kappa shape index (κ3) is 3.30. The van der Waals surface area contributed by atoms with Gasteiger partial charge in [0.15, 0.2) is 0 Å². The molecule has 0 amide bonds. The average molecular weight is 234 g/mol. The zero-order valence-corrected chi connectivity index (χ0v) is 11.7. The maximum Gasteiger partial charge on any atom is 0.0381 e. The highest BCUT2D eigenvalue weighted by Gasteiger charge is 2.28. The summed E-state index contributed by atoms with van der Waals surface area (Å²) in [6.07, 6.45) is 0. The number of benzene rings is 1. The van der Waals surface area contributed by atoms with Gasteiger partial charge in [0, 0.05) is 6.04 Å². The van der Waals surface area contributed by atoms with E-state index in [0.717, 1.165) is 0 Å². The molecule has 0 saturated carbocycles. The lowest BCUT2D eigenvalue weighted by Crippen LogP contribution is -2.37. The molecular weight excluding hydrogens is 208 g/mol. The van der Waals surface area contributed by atoms with E-state index in [4.69, 9.17) is 5.73 Å². The van der Waals surface area contributed by atoms with Crippen LogP contribution in [0.3, 0.4) is 0 Å². The van der Waals surface area contributed by atoms with E-state index in [9.17, 15) is 0 Å². The van der Waals surface area contributed by atoms with E-state index >= 15 is 0 Å². The first-order valence-corrected chi connectivity index (χ1v) is 6.39. The quantitative estimate of drug-likeness (QED) is 0.821. The smallest absolute Gasteiger partial charge is 0.0381 e. The first-order valence-electron chi connectivity index (χ1n) is 6.39. The van der Waals surface area contributed by atoms with Gasteiger partial charge in [-0.25, -0.2) is 0 Å². The molecule has 1 atom stereocenters. The summed E-state index contributed by atoms with van der Waals surface area (Å²) in [4.78, 5) is 0. The van der Waals surface area contributed by atoms with Crippen molar-refractivity contribution in [2.45, 2.75) is 39.7 Å². The molecule has 1 unspecified atom stereocenters. The van der Waals surface area contributed by atoms with Crippen LogP contribution in [-0.2, 0) is 0 Å². The SMILES string of the molecule is CNC(c1ccc(C(C)C)cc1)C(C)(C)CN.